The van der Waals surface area contributed by atoms with Crippen LogP contribution in [-0.2, 0) is 19.1 Å². The van der Waals surface area contributed by atoms with Crippen molar-refractivity contribution in [1.82, 2.24) is 0 Å². The van der Waals surface area contributed by atoms with Gasteiger partial charge in [0, 0.05) is 13.3 Å². The van der Waals surface area contributed by atoms with Crippen molar-refractivity contribution in [3.63, 3.8) is 0 Å². The van der Waals surface area contributed by atoms with Gasteiger partial charge in [-0.2, -0.15) is 4.99 Å². The Balaban J connectivity index is 2.70. The molecule has 0 N–H and O–H groups in total. The highest BCUT2D eigenvalue weighted by Crippen LogP contribution is 2.27. The van der Waals surface area contributed by atoms with Gasteiger partial charge in [-0.15, -0.1) is 0 Å². The van der Waals surface area contributed by atoms with E-state index in [0.29, 0.717) is 12.8 Å². The molecule has 1 aliphatic carbocycles. The van der Waals surface area contributed by atoms with Gasteiger partial charge in [-0.25, -0.2) is 14.6 Å². The van der Waals surface area contributed by atoms with Gasteiger partial charge in [0.05, 0.1) is 6.04 Å². The van der Waals surface area contributed by atoms with E-state index in [1.165, 1.54) is 19.1 Å². The maximum atomic E-state index is 10.7. The molecule has 0 aromatic heterocycles. The summed E-state index contributed by atoms with van der Waals surface area (Å²) >= 11 is 0. The lowest BCUT2D eigenvalue weighted by atomic mass is 10.2. The molecule has 3 unspecified atom stereocenters. The summed E-state index contributed by atoms with van der Waals surface area (Å²) in [5.74, 6) is -0.443. The van der Waals surface area contributed by atoms with Gasteiger partial charge in [-0.05, 0) is 6.42 Å². The predicted molar refractivity (Wildman–Crippen MR) is 48.6 cm³/mol. The van der Waals surface area contributed by atoms with Gasteiger partial charge in [-0.3, -0.25) is 4.79 Å². The minimum absolute atomic E-state index is 0.283. The van der Waals surface area contributed by atoms with Crippen LogP contribution in [0.5, 0.6) is 0 Å². The molecule has 1 saturated carbocycles. The van der Waals surface area contributed by atoms with Crippen LogP contribution in [-0.4, -0.2) is 36.3 Å². The third-order valence-electron chi connectivity index (χ3n) is 2.22. The van der Waals surface area contributed by atoms with E-state index in [9.17, 15) is 14.4 Å². The quantitative estimate of drug-likeness (QED) is 0.376. The number of hydrogen-bond acceptors (Lipinski definition) is 6. The number of nitrogens with zero attached hydrogens (tertiary/aromatic N) is 2. The summed E-state index contributed by atoms with van der Waals surface area (Å²) in [4.78, 5) is 38.0. The minimum atomic E-state index is -0.494. The zero-order valence-corrected chi connectivity index (χ0v) is 8.17. The predicted octanol–water partition coefficient (Wildman–Crippen LogP) is 0.121. The molecule has 0 radical (unpaired) electrons. The molecular weight excluding hydrogens is 200 g/mol. The topological polar surface area (TPSA) is 85.2 Å². The Kier molecular flexibility index (Phi) is 3.92. The summed E-state index contributed by atoms with van der Waals surface area (Å²) in [6.07, 6.45) is 3.16. The third-order valence-corrected chi connectivity index (χ3v) is 2.22. The smallest absolute Gasteiger partial charge is 0.302 e. The number of carbonyl (C=O) groups excluding carboxylic acids is 3. The van der Waals surface area contributed by atoms with Crippen molar-refractivity contribution in [2.24, 2.45) is 9.98 Å². The molecular formula is C9H10N2O4. The normalized spacial score (nSPS) is 28.7. The molecule has 0 heterocycles. The Morgan fingerprint density at radius 3 is 2.47 bits per heavy atom. The van der Waals surface area contributed by atoms with E-state index in [-0.39, 0.29) is 6.04 Å². The lowest BCUT2D eigenvalue weighted by Gasteiger charge is -2.13. The second-order valence-corrected chi connectivity index (χ2v) is 3.28. The highest BCUT2D eigenvalue weighted by molar-refractivity contribution is 5.66. The van der Waals surface area contributed by atoms with Gasteiger partial charge in [0.2, 0.25) is 12.2 Å². The van der Waals surface area contributed by atoms with Crippen molar-refractivity contribution in [3.05, 3.63) is 0 Å². The SMILES string of the molecule is CC(=O)OC1CC(N=C=O)CC1N=C=O. The van der Waals surface area contributed by atoms with Crippen molar-refractivity contribution in [2.45, 2.75) is 38.0 Å². The van der Waals surface area contributed by atoms with E-state index in [0.717, 1.165) is 0 Å². The molecule has 1 aliphatic rings. The molecule has 0 aromatic rings. The van der Waals surface area contributed by atoms with E-state index in [1.54, 1.807) is 0 Å². The van der Waals surface area contributed by atoms with E-state index >= 15 is 0 Å². The maximum Gasteiger partial charge on any atom is 0.302 e. The molecule has 3 atom stereocenters. The van der Waals surface area contributed by atoms with E-state index in [1.807, 2.05) is 0 Å². The largest absolute Gasteiger partial charge is 0.460 e. The van der Waals surface area contributed by atoms with Crippen LogP contribution in [0.3, 0.4) is 0 Å². The monoisotopic (exact) mass is 210 g/mol. The summed E-state index contributed by atoms with van der Waals surface area (Å²) < 4.78 is 4.95. The first kappa shape index (κ1) is 11.3. The second-order valence-electron chi connectivity index (χ2n) is 3.28. The van der Waals surface area contributed by atoms with Crippen LogP contribution in [0.15, 0.2) is 9.98 Å². The molecule has 0 amide bonds. The summed E-state index contributed by atoms with van der Waals surface area (Å²) in [6.45, 7) is 1.28. The van der Waals surface area contributed by atoms with E-state index < -0.39 is 18.1 Å². The van der Waals surface area contributed by atoms with Crippen molar-refractivity contribution < 1.29 is 19.1 Å². The van der Waals surface area contributed by atoms with Gasteiger partial charge in [0.15, 0.2) is 0 Å². The number of isocyanates is 2. The molecule has 15 heavy (non-hydrogen) atoms. The van der Waals surface area contributed by atoms with Gasteiger partial charge >= 0.3 is 5.97 Å². The van der Waals surface area contributed by atoms with Crippen LogP contribution >= 0.6 is 0 Å². The average molecular weight is 210 g/mol. The van der Waals surface area contributed by atoms with Crippen LogP contribution in [0.2, 0.25) is 0 Å². The lowest BCUT2D eigenvalue weighted by molar-refractivity contribution is -0.146. The highest BCUT2D eigenvalue weighted by Gasteiger charge is 2.36. The van der Waals surface area contributed by atoms with Crippen molar-refractivity contribution >= 4 is 18.1 Å². The second kappa shape index (κ2) is 5.20. The number of carbonyl (C=O) groups is 1. The Bertz CT molecular complexity index is 342. The number of hydrogen-bond donors (Lipinski definition) is 0. The molecule has 6 nitrogen and oxygen atoms in total. The molecule has 1 fully saturated rings. The standard InChI is InChI=1S/C9H10N2O4/c1-6(14)15-9-3-7(10-4-12)2-8(9)11-5-13/h7-9H,2-3H2,1H3. The molecule has 6 heteroatoms. The molecule has 0 saturated heterocycles. The first-order valence-electron chi connectivity index (χ1n) is 4.48. The molecule has 80 valence electrons. The Morgan fingerprint density at radius 1 is 1.27 bits per heavy atom. The number of rotatable bonds is 3. The average Bonchev–Trinajstić information content (AvgIpc) is 2.48. The summed E-state index contributed by atoms with van der Waals surface area (Å²) in [5.41, 5.74) is 0. The minimum Gasteiger partial charge on any atom is -0.460 e. The summed E-state index contributed by atoms with van der Waals surface area (Å²) in [7, 11) is 0. The summed E-state index contributed by atoms with van der Waals surface area (Å²) in [5, 5.41) is 0. The van der Waals surface area contributed by atoms with Crippen molar-refractivity contribution in [2.75, 3.05) is 0 Å². The maximum absolute atomic E-state index is 10.7. The Hall–Kier alpha value is -1.77. The number of ether oxygens (including phenoxy) is 1. The molecule has 0 spiro atoms. The van der Waals surface area contributed by atoms with Crippen molar-refractivity contribution in [1.29, 1.82) is 0 Å². The first-order valence-corrected chi connectivity index (χ1v) is 4.48. The van der Waals surface area contributed by atoms with Crippen molar-refractivity contribution in [3.8, 4) is 0 Å². The van der Waals surface area contributed by atoms with Crippen LogP contribution in [0.1, 0.15) is 19.8 Å². The zero-order chi connectivity index (χ0) is 11.3. The van der Waals surface area contributed by atoms with Gasteiger partial charge in [-0.1, -0.05) is 0 Å². The van der Waals surface area contributed by atoms with Crippen LogP contribution in [0.4, 0.5) is 0 Å². The van der Waals surface area contributed by atoms with E-state index in [4.69, 9.17) is 4.74 Å². The molecule has 0 bridgehead atoms. The van der Waals surface area contributed by atoms with E-state index in [2.05, 4.69) is 9.98 Å². The molecule has 0 aromatic carbocycles. The van der Waals surface area contributed by atoms with Gasteiger partial charge < -0.3 is 4.74 Å². The van der Waals surface area contributed by atoms with Gasteiger partial charge in [0.1, 0.15) is 12.1 Å². The lowest BCUT2D eigenvalue weighted by Crippen LogP contribution is -2.23. The number of aliphatic imine (C=N–C) groups is 2. The third kappa shape index (κ3) is 3.13. The molecule has 0 aliphatic heterocycles. The Labute approximate surface area is 86.0 Å². The fourth-order valence-electron chi connectivity index (χ4n) is 1.68. The zero-order valence-electron chi connectivity index (χ0n) is 8.17. The summed E-state index contributed by atoms with van der Waals surface area (Å²) in [6, 6.07) is -0.734. The number of esters is 1. The van der Waals surface area contributed by atoms with Crippen LogP contribution in [0, 0.1) is 0 Å². The highest BCUT2D eigenvalue weighted by atomic mass is 16.5. The van der Waals surface area contributed by atoms with Crippen LogP contribution in [0.25, 0.3) is 0 Å². The Morgan fingerprint density at radius 2 is 1.93 bits per heavy atom. The van der Waals surface area contributed by atoms with Crippen LogP contribution < -0.4 is 0 Å². The fraction of sp³-hybridized carbons (Fsp3) is 0.667. The fourth-order valence-corrected chi connectivity index (χ4v) is 1.68. The first-order chi connectivity index (χ1) is 7.17. The van der Waals surface area contributed by atoms with Gasteiger partial charge in [0.25, 0.3) is 0 Å². The molecule has 1 rings (SSSR count).